The molecule has 0 aliphatic rings. The van der Waals surface area contributed by atoms with Crippen LogP contribution >= 0.6 is 11.8 Å². The number of fused-ring (bicyclic) bond motifs is 1. The van der Waals surface area contributed by atoms with Crippen LogP contribution in [0.2, 0.25) is 0 Å². The van der Waals surface area contributed by atoms with Gasteiger partial charge < -0.3 is 10.4 Å². The molecule has 1 atom stereocenters. The summed E-state index contributed by atoms with van der Waals surface area (Å²) in [5.41, 5.74) is 3.09. The Morgan fingerprint density at radius 2 is 2.00 bits per heavy atom. The smallest absolute Gasteiger partial charge is 0.337 e. The van der Waals surface area contributed by atoms with Crippen LogP contribution in [-0.2, 0) is 7.05 Å². The molecule has 6 nitrogen and oxygen atoms in total. The Balaban J connectivity index is 2.15. The van der Waals surface area contributed by atoms with E-state index in [4.69, 9.17) is 0 Å². The third kappa shape index (κ3) is 3.55. The van der Waals surface area contributed by atoms with E-state index in [9.17, 15) is 14.7 Å². The Labute approximate surface area is 161 Å². The molecular weight excluding hydrogens is 362 g/mol. The van der Waals surface area contributed by atoms with Gasteiger partial charge in [-0.05, 0) is 43.9 Å². The number of nitrogens with zero attached hydrogens (tertiary/aromatic N) is 2. The van der Waals surface area contributed by atoms with Gasteiger partial charge in [-0.1, -0.05) is 30.0 Å². The molecule has 27 heavy (non-hydrogen) atoms. The molecule has 0 fully saturated rings. The van der Waals surface area contributed by atoms with Crippen molar-refractivity contribution in [3.63, 3.8) is 0 Å². The first-order valence-electron chi connectivity index (χ1n) is 8.47. The number of thioether (sulfide) groups is 1. The number of hydrogen-bond donors (Lipinski definition) is 2. The summed E-state index contributed by atoms with van der Waals surface area (Å²) in [7, 11) is 1.72. The highest BCUT2D eigenvalue weighted by Crippen LogP contribution is 2.28. The molecule has 7 heteroatoms. The van der Waals surface area contributed by atoms with E-state index in [1.807, 2.05) is 32.2 Å². The van der Waals surface area contributed by atoms with Crippen molar-refractivity contribution in [2.24, 2.45) is 7.05 Å². The molecule has 0 bridgehead atoms. The van der Waals surface area contributed by atoms with Crippen molar-refractivity contribution in [1.29, 1.82) is 0 Å². The van der Waals surface area contributed by atoms with Gasteiger partial charge in [-0.25, -0.2) is 9.78 Å². The first-order valence-corrected chi connectivity index (χ1v) is 9.70. The van der Waals surface area contributed by atoms with Gasteiger partial charge in [-0.2, -0.15) is 0 Å². The minimum atomic E-state index is -0.990. The molecule has 0 aliphatic heterocycles. The molecule has 0 spiro atoms. The normalized spacial score (nSPS) is 12.1. The molecule has 140 valence electrons. The van der Waals surface area contributed by atoms with E-state index in [1.165, 1.54) is 11.8 Å². The van der Waals surface area contributed by atoms with Crippen LogP contribution in [0.5, 0.6) is 0 Å². The standard InChI is InChI=1S/C20H21N3O3S/c1-11-9-14(12(2)21-16-8-6-5-7-13(16)19(25)26)17-15(10-11)18(24)23(3)20(22-17)27-4/h5-10,12,21H,1-4H3,(H,25,26)/t12-/m1/s1. The number of carboxylic acid groups (broad SMARTS) is 1. The molecular formula is C20H21N3O3S. The Morgan fingerprint density at radius 3 is 2.67 bits per heavy atom. The highest BCUT2D eigenvalue weighted by molar-refractivity contribution is 7.98. The molecule has 3 rings (SSSR count). The summed E-state index contributed by atoms with van der Waals surface area (Å²) < 4.78 is 1.55. The number of aromatic carboxylic acids is 1. The van der Waals surface area contributed by atoms with Crippen LogP contribution in [0.3, 0.4) is 0 Å². The van der Waals surface area contributed by atoms with E-state index in [0.717, 1.165) is 11.1 Å². The lowest BCUT2D eigenvalue weighted by Crippen LogP contribution is -2.21. The van der Waals surface area contributed by atoms with Gasteiger partial charge in [0.05, 0.1) is 22.5 Å². The second-order valence-electron chi connectivity index (χ2n) is 6.43. The minimum Gasteiger partial charge on any atom is -0.478 e. The molecule has 0 unspecified atom stereocenters. The van der Waals surface area contributed by atoms with Crippen molar-refractivity contribution >= 4 is 34.3 Å². The summed E-state index contributed by atoms with van der Waals surface area (Å²) in [5, 5.41) is 13.9. The van der Waals surface area contributed by atoms with Gasteiger partial charge in [0.15, 0.2) is 5.16 Å². The van der Waals surface area contributed by atoms with E-state index in [2.05, 4.69) is 10.3 Å². The maximum absolute atomic E-state index is 12.7. The average Bonchev–Trinajstić information content (AvgIpc) is 2.64. The van der Waals surface area contributed by atoms with Gasteiger partial charge in [0.1, 0.15) is 0 Å². The number of rotatable bonds is 5. The molecule has 0 radical (unpaired) electrons. The third-order valence-corrected chi connectivity index (χ3v) is 5.22. The number of carbonyl (C=O) groups is 1. The Hall–Kier alpha value is -2.80. The zero-order chi connectivity index (χ0) is 19.7. The van der Waals surface area contributed by atoms with Crippen LogP contribution in [0.4, 0.5) is 5.69 Å². The van der Waals surface area contributed by atoms with Crippen molar-refractivity contribution < 1.29 is 9.90 Å². The lowest BCUT2D eigenvalue weighted by molar-refractivity contribution is 0.0698. The van der Waals surface area contributed by atoms with E-state index < -0.39 is 5.97 Å². The summed E-state index contributed by atoms with van der Waals surface area (Å²) in [4.78, 5) is 28.9. The molecule has 2 N–H and O–H groups in total. The van der Waals surface area contributed by atoms with E-state index >= 15 is 0 Å². The summed E-state index contributed by atoms with van der Waals surface area (Å²) in [6, 6.07) is 10.4. The quantitative estimate of drug-likeness (QED) is 0.514. The topological polar surface area (TPSA) is 84.2 Å². The maximum atomic E-state index is 12.7. The largest absolute Gasteiger partial charge is 0.478 e. The second kappa shape index (κ2) is 7.44. The number of hydrogen-bond acceptors (Lipinski definition) is 5. The summed E-state index contributed by atoms with van der Waals surface area (Å²) in [6.45, 7) is 3.87. The van der Waals surface area contributed by atoms with E-state index in [-0.39, 0.29) is 17.2 Å². The van der Waals surface area contributed by atoms with E-state index in [0.29, 0.717) is 21.7 Å². The minimum absolute atomic E-state index is 0.0903. The molecule has 3 aromatic rings. The fourth-order valence-electron chi connectivity index (χ4n) is 3.15. The number of para-hydroxylation sites is 1. The molecule has 1 aromatic heterocycles. The molecule has 2 aromatic carbocycles. The third-order valence-electron chi connectivity index (χ3n) is 4.49. The number of carboxylic acids is 1. The molecule has 0 amide bonds. The summed E-state index contributed by atoms with van der Waals surface area (Å²) in [6.07, 6.45) is 1.88. The monoisotopic (exact) mass is 383 g/mol. The first kappa shape index (κ1) is 19.0. The lowest BCUT2D eigenvalue weighted by Gasteiger charge is -2.20. The van der Waals surface area contributed by atoms with Crippen molar-refractivity contribution in [2.75, 3.05) is 11.6 Å². The highest BCUT2D eigenvalue weighted by atomic mass is 32.2. The Bertz CT molecular complexity index is 1090. The van der Waals surface area contributed by atoms with Gasteiger partial charge in [0.2, 0.25) is 0 Å². The molecule has 0 aliphatic carbocycles. The number of aryl methyl sites for hydroxylation is 1. The average molecular weight is 383 g/mol. The summed E-state index contributed by atoms with van der Waals surface area (Å²) in [5.74, 6) is -0.990. The van der Waals surface area contributed by atoms with Crippen LogP contribution in [0, 0.1) is 6.92 Å². The predicted octanol–water partition coefficient (Wildman–Crippen LogP) is 3.84. The van der Waals surface area contributed by atoms with Gasteiger partial charge in [0, 0.05) is 18.3 Å². The van der Waals surface area contributed by atoms with Crippen LogP contribution in [0.1, 0.15) is 34.5 Å². The van der Waals surface area contributed by atoms with Crippen LogP contribution in [0.25, 0.3) is 10.9 Å². The van der Waals surface area contributed by atoms with Crippen molar-refractivity contribution in [2.45, 2.75) is 25.0 Å². The van der Waals surface area contributed by atoms with Crippen molar-refractivity contribution in [1.82, 2.24) is 9.55 Å². The first-order chi connectivity index (χ1) is 12.8. The zero-order valence-corrected chi connectivity index (χ0v) is 16.4. The Kier molecular flexibility index (Phi) is 5.23. The van der Waals surface area contributed by atoms with Gasteiger partial charge >= 0.3 is 5.97 Å². The molecule has 0 saturated heterocycles. The number of aromatic nitrogens is 2. The number of benzene rings is 2. The number of anilines is 1. The molecule has 0 saturated carbocycles. The van der Waals surface area contributed by atoms with Crippen LogP contribution in [-0.4, -0.2) is 26.9 Å². The summed E-state index contributed by atoms with van der Waals surface area (Å²) >= 11 is 1.41. The highest BCUT2D eigenvalue weighted by Gasteiger charge is 2.18. The zero-order valence-electron chi connectivity index (χ0n) is 15.6. The predicted molar refractivity (Wildman–Crippen MR) is 109 cm³/mol. The SMILES string of the molecule is CSc1nc2c([C@@H](C)Nc3ccccc3C(=O)O)cc(C)cc2c(=O)n1C. The Morgan fingerprint density at radius 1 is 1.30 bits per heavy atom. The maximum Gasteiger partial charge on any atom is 0.337 e. The molecule has 1 heterocycles. The van der Waals surface area contributed by atoms with Crippen LogP contribution in [0.15, 0.2) is 46.3 Å². The number of nitrogens with one attached hydrogen (secondary N) is 1. The lowest BCUT2D eigenvalue weighted by atomic mass is 10.0. The van der Waals surface area contributed by atoms with Crippen LogP contribution < -0.4 is 10.9 Å². The fourth-order valence-corrected chi connectivity index (χ4v) is 3.69. The van der Waals surface area contributed by atoms with Gasteiger partial charge in [-0.3, -0.25) is 9.36 Å². The van der Waals surface area contributed by atoms with Gasteiger partial charge in [-0.15, -0.1) is 0 Å². The van der Waals surface area contributed by atoms with Crippen molar-refractivity contribution in [3.05, 3.63) is 63.4 Å². The second-order valence-corrected chi connectivity index (χ2v) is 7.20. The fraction of sp³-hybridized carbons (Fsp3) is 0.250. The van der Waals surface area contributed by atoms with E-state index in [1.54, 1.807) is 35.9 Å². The van der Waals surface area contributed by atoms with Gasteiger partial charge in [0.25, 0.3) is 5.56 Å². The van der Waals surface area contributed by atoms with Crippen molar-refractivity contribution in [3.8, 4) is 0 Å².